The van der Waals surface area contributed by atoms with Crippen LogP contribution in [0.15, 0.2) is 18.2 Å². The number of nitro benzene ring substituents is 1. The van der Waals surface area contributed by atoms with Gasteiger partial charge in [0.2, 0.25) is 0 Å². The number of anilines is 1. The average Bonchev–Trinajstić information content (AvgIpc) is 2.45. The number of ether oxygens (including phenoxy) is 1. The molecule has 1 aromatic rings. The molecule has 0 unspecified atom stereocenters. The van der Waals surface area contributed by atoms with E-state index in [0.29, 0.717) is 31.6 Å². The zero-order chi connectivity index (χ0) is 15.4. The molecule has 1 aromatic carbocycles. The monoisotopic (exact) mass is 298 g/mol. The van der Waals surface area contributed by atoms with Gasteiger partial charge in [-0.2, -0.15) is 0 Å². The number of carboxylic acid groups (broad SMARTS) is 1. The van der Waals surface area contributed by atoms with Gasteiger partial charge in [0.05, 0.1) is 17.1 Å². The third-order valence-corrected chi connectivity index (χ3v) is 3.36. The van der Waals surface area contributed by atoms with Crippen LogP contribution in [0.1, 0.15) is 12.8 Å². The van der Waals surface area contributed by atoms with Gasteiger partial charge in [-0.15, -0.1) is 0 Å². The van der Waals surface area contributed by atoms with Crippen molar-refractivity contribution >= 4 is 17.3 Å². The maximum absolute atomic E-state index is 13.1. The molecular weight excluding hydrogens is 283 g/mol. The lowest BCUT2D eigenvalue weighted by atomic mass is 10.1. The zero-order valence-corrected chi connectivity index (χ0v) is 11.2. The molecule has 0 radical (unpaired) electrons. The maximum atomic E-state index is 13.1. The first kappa shape index (κ1) is 15.2. The van der Waals surface area contributed by atoms with Gasteiger partial charge in [-0.1, -0.05) is 0 Å². The minimum absolute atomic E-state index is 0.170. The second-order valence-corrected chi connectivity index (χ2v) is 4.78. The standard InChI is InChI=1S/C13H15FN2O5/c14-9-1-2-11(12(7-9)16(19)20)15-5-3-10(4-6-15)21-8-13(17)18/h1-2,7,10H,3-6,8H2,(H,17,18). The first-order valence-electron chi connectivity index (χ1n) is 6.49. The van der Waals surface area contributed by atoms with Crippen LogP contribution in [0.5, 0.6) is 0 Å². The smallest absolute Gasteiger partial charge is 0.329 e. The van der Waals surface area contributed by atoms with Crippen molar-refractivity contribution in [3.8, 4) is 0 Å². The molecule has 0 amide bonds. The molecule has 0 saturated carbocycles. The van der Waals surface area contributed by atoms with Gasteiger partial charge in [0.25, 0.3) is 5.69 Å². The van der Waals surface area contributed by atoms with E-state index < -0.39 is 16.7 Å². The Labute approximate surface area is 120 Å². The molecule has 0 aromatic heterocycles. The van der Waals surface area contributed by atoms with E-state index in [4.69, 9.17) is 9.84 Å². The van der Waals surface area contributed by atoms with Crippen LogP contribution in [0.2, 0.25) is 0 Å². The molecule has 0 spiro atoms. The fourth-order valence-electron chi connectivity index (χ4n) is 2.36. The minimum atomic E-state index is -1.02. The Hall–Kier alpha value is -2.22. The zero-order valence-electron chi connectivity index (χ0n) is 11.2. The van der Waals surface area contributed by atoms with Gasteiger partial charge in [-0.05, 0) is 25.0 Å². The van der Waals surface area contributed by atoms with Crippen LogP contribution in [0.3, 0.4) is 0 Å². The van der Waals surface area contributed by atoms with E-state index >= 15 is 0 Å². The molecule has 1 aliphatic rings. The van der Waals surface area contributed by atoms with E-state index in [1.807, 2.05) is 0 Å². The Morgan fingerprint density at radius 2 is 2.14 bits per heavy atom. The normalized spacial score (nSPS) is 16.0. The number of aliphatic carboxylic acids is 1. The first-order chi connectivity index (χ1) is 9.97. The predicted molar refractivity (Wildman–Crippen MR) is 71.9 cm³/mol. The maximum Gasteiger partial charge on any atom is 0.329 e. The first-order valence-corrected chi connectivity index (χ1v) is 6.49. The fraction of sp³-hybridized carbons (Fsp3) is 0.462. The molecule has 0 bridgehead atoms. The molecule has 2 rings (SSSR count). The molecular formula is C13H15FN2O5. The van der Waals surface area contributed by atoms with E-state index in [9.17, 15) is 19.3 Å². The summed E-state index contributed by atoms with van der Waals surface area (Å²) in [6.07, 6.45) is 0.973. The highest BCUT2D eigenvalue weighted by Gasteiger charge is 2.25. The van der Waals surface area contributed by atoms with E-state index in [1.54, 1.807) is 4.90 Å². The third kappa shape index (κ3) is 3.88. The summed E-state index contributed by atoms with van der Waals surface area (Å²) in [6, 6.07) is 3.49. The SMILES string of the molecule is O=C(O)COC1CCN(c2ccc(F)cc2[N+](=O)[O-])CC1. The Morgan fingerprint density at radius 3 is 2.71 bits per heavy atom. The summed E-state index contributed by atoms with van der Waals surface area (Å²) >= 11 is 0. The van der Waals surface area contributed by atoms with Crippen LogP contribution in [0, 0.1) is 15.9 Å². The van der Waals surface area contributed by atoms with Gasteiger partial charge in [0.15, 0.2) is 0 Å². The van der Waals surface area contributed by atoms with Crippen molar-refractivity contribution in [3.63, 3.8) is 0 Å². The van der Waals surface area contributed by atoms with E-state index in [0.717, 1.165) is 6.07 Å². The van der Waals surface area contributed by atoms with Crippen LogP contribution in [0.4, 0.5) is 15.8 Å². The second kappa shape index (κ2) is 6.49. The molecule has 21 heavy (non-hydrogen) atoms. The molecule has 114 valence electrons. The molecule has 1 saturated heterocycles. The van der Waals surface area contributed by atoms with Crippen molar-refractivity contribution in [2.24, 2.45) is 0 Å². The number of piperidine rings is 1. The van der Waals surface area contributed by atoms with Crippen molar-refractivity contribution in [2.75, 3.05) is 24.6 Å². The number of nitro groups is 1. The van der Waals surface area contributed by atoms with Gasteiger partial charge in [0, 0.05) is 13.1 Å². The highest BCUT2D eigenvalue weighted by molar-refractivity contribution is 5.68. The van der Waals surface area contributed by atoms with Crippen LogP contribution in [-0.2, 0) is 9.53 Å². The molecule has 1 aliphatic heterocycles. The molecule has 0 aliphatic carbocycles. The average molecular weight is 298 g/mol. The Kier molecular flexibility index (Phi) is 4.69. The largest absolute Gasteiger partial charge is 0.480 e. The quantitative estimate of drug-likeness (QED) is 0.658. The van der Waals surface area contributed by atoms with E-state index in [2.05, 4.69) is 0 Å². The number of carbonyl (C=O) groups is 1. The van der Waals surface area contributed by atoms with Crippen LogP contribution in [0.25, 0.3) is 0 Å². The lowest BCUT2D eigenvalue weighted by Gasteiger charge is -2.32. The summed E-state index contributed by atoms with van der Waals surface area (Å²) in [6.45, 7) is 0.648. The van der Waals surface area contributed by atoms with Crippen LogP contribution < -0.4 is 4.90 Å². The second-order valence-electron chi connectivity index (χ2n) is 4.78. The molecule has 1 N–H and O–H groups in total. The molecule has 0 atom stereocenters. The van der Waals surface area contributed by atoms with Crippen molar-refractivity contribution in [2.45, 2.75) is 18.9 Å². The van der Waals surface area contributed by atoms with Gasteiger partial charge >= 0.3 is 5.97 Å². The fourth-order valence-corrected chi connectivity index (χ4v) is 2.36. The highest BCUT2D eigenvalue weighted by atomic mass is 19.1. The Balaban J connectivity index is 2.02. The Morgan fingerprint density at radius 1 is 1.48 bits per heavy atom. The number of carboxylic acids is 1. The Bertz CT molecular complexity index is 543. The van der Waals surface area contributed by atoms with Crippen molar-refractivity contribution in [3.05, 3.63) is 34.1 Å². The summed E-state index contributed by atoms with van der Waals surface area (Å²) in [5, 5.41) is 19.5. The number of hydrogen-bond acceptors (Lipinski definition) is 5. The topological polar surface area (TPSA) is 92.9 Å². The van der Waals surface area contributed by atoms with Gasteiger partial charge in [-0.3, -0.25) is 10.1 Å². The van der Waals surface area contributed by atoms with Gasteiger partial charge < -0.3 is 14.7 Å². The van der Waals surface area contributed by atoms with Crippen LogP contribution in [-0.4, -0.2) is 41.8 Å². The molecule has 1 fully saturated rings. The molecule has 8 heteroatoms. The van der Waals surface area contributed by atoms with Crippen molar-refractivity contribution in [1.29, 1.82) is 0 Å². The molecule has 7 nitrogen and oxygen atoms in total. The minimum Gasteiger partial charge on any atom is -0.480 e. The number of nitrogens with zero attached hydrogens (tertiary/aromatic N) is 2. The lowest BCUT2D eigenvalue weighted by Crippen LogP contribution is -2.38. The summed E-state index contributed by atoms with van der Waals surface area (Å²) in [5.41, 5.74) is 0.109. The highest BCUT2D eigenvalue weighted by Crippen LogP contribution is 2.31. The molecule has 1 heterocycles. The summed E-state index contributed by atoms with van der Waals surface area (Å²) in [5.74, 6) is -1.67. The number of benzene rings is 1. The summed E-state index contributed by atoms with van der Waals surface area (Å²) < 4.78 is 18.3. The van der Waals surface area contributed by atoms with Crippen molar-refractivity contribution in [1.82, 2.24) is 0 Å². The predicted octanol–water partition coefficient (Wildman–Crippen LogP) is 1.80. The number of halogens is 1. The summed E-state index contributed by atoms with van der Waals surface area (Å²) in [4.78, 5) is 22.6. The van der Waals surface area contributed by atoms with Gasteiger partial charge in [0.1, 0.15) is 18.1 Å². The van der Waals surface area contributed by atoms with E-state index in [1.165, 1.54) is 12.1 Å². The van der Waals surface area contributed by atoms with E-state index in [-0.39, 0.29) is 18.4 Å². The lowest BCUT2D eigenvalue weighted by molar-refractivity contribution is -0.384. The van der Waals surface area contributed by atoms with Gasteiger partial charge in [-0.25, -0.2) is 9.18 Å². The summed E-state index contributed by atoms with van der Waals surface area (Å²) in [7, 11) is 0. The van der Waals surface area contributed by atoms with Crippen LogP contribution >= 0.6 is 0 Å². The number of rotatable bonds is 5. The van der Waals surface area contributed by atoms with Crippen molar-refractivity contribution < 1.29 is 24.0 Å². The third-order valence-electron chi connectivity index (χ3n) is 3.36. The number of hydrogen-bond donors (Lipinski definition) is 1.